The monoisotopic (exact) mass is 369 g/mol. The number of ether oxygens (including phenoxy) is 2. The van der Waals surface area contributed by atoms with E-state index in [-0.39, 0.29) is 5.97 Å². The molecule has 3 aromatic rings. The molecule has 0 aliphatic carbocycles. The second-order valence-electron chi connectivity index (χ2n) is 5.41. The molecule has 3 rings (SSSR count). The number of rotatable bonds is 8. The van der Waals surface area contributed by atoms with Crippen molar-refractivity contribution < 1.29 is 14.3 Å². The first kappa shape index (κ1) is 18.0. The van der Waals surface area contributed by atoms with Gasteiger partial charge in [-0.15, -0.1) is 11.3 Å². The molecule has 0 fully saturated rings. The van der Waals surface area contributed by atoms with Crippen molar-refractivity contribution >= 4 is 17.3 Å². The quantitative estimate of drug-likeness (QED) is 0.486. The van der Waals surface area contributed by atoms with Gasteiger partial charge >= 0.3 is 5.97 Å². The van der Waals surface area contributed by atoms with Gasteiger partial charge in [0.1, 0.15) is 17.2 Å². The maximum Gasteiger partial charge on any atom is 0.348 e. The Morgan fingerprint density at radius 2 is 1.88 bits per heavy atom. The van der Waals surface area contributed by atoms with Crippen LogP contribution in [0.25, 0.3) is 10.7 Å². The summed E-state index contributed by atoms with van der Waals surface area (Å²) in [5, 5.41) is 3.29. The number of thiophene rings is 1. The van der Waals surface area contributed by atoms with Crippen LogP contribution in [-0.4, -0.2) is 36.2 Å². The first-order valence-corrected chi connectivity index (χ1v) is 8.96. The van der Waals surface area contributed by atoms with E-state index in [0.717, 1.165) is 22.7 Å². The van der Waals surface area contributed by atoms with E-state index in [1.807, 2.05) is 36.4 Å². The smallest absolute Gasteiger partial charge is 0.348 e. The van der Waals surface area contributed by atoms with E-state index in [4.69, 9.17) is 9.47 Å². The Morgan fingerprint density at radius 3 is 2.62 bits per heavy atom. The molecule has 7 heteroatoms. The predicted molar refractivity (Wildman–Crippen MR) is 100 cm³/mol. The number of hydrogen-bond acceptors (Lipinski definition) is 7. The van der Waals surface area contributed by atoms with Crippen molar-refractivity contribution in [2.24, 2.45) is 0 Å². The Morgan fingerprint density at radius 1 is 1.12 bits per heavy atom. The summed E-state index contributed by atoms with van der Waals surface area (Å²) in [4.78, 5) is 21.6. The van der Waals surface area contributed by atoms with Gasteiger partial charge in [0.25, 0.3) is 0 Å². The highest BCUT2D eigenvalue weighted by molar-refractivity contribution is 7.17. The summed E-state index contributed by atoms with van der Waals surface area (Å²) in [6.45, 7) is 1.98. The van der Waals surface area contributed by atoms with Gasteiger partial charge in [0.2, 0.25) is 0 Å². The van der Waals surface area contributed by atoms with Crippen LogP contribution in [0.4, 0.5) is 0 Å². The zero-order valence-electron chi connectivity index (χ0n) is 14.3. The van der Waals surface area contributed by atoms with Gasteiger partial charge in [-0.25, -0.2) is 14.8 Å². The Labute approximate surface area is 155 Å². The number of nitrogens with zero attached hydrogens (tertiary/aromatic N) is 2. The molecule has 0 bridgehead atoms. The molecule has 0 atom stereocenters. The topological polar surface area (TPSA) is 73.3 Å². The molecular weight excluding hydrogens is 350 g/mol. The molecule has 0 amide bonds. The molecule has 0 aliphatic heterocycles. The van der Waals surface area contributed by atoms with Gasteiger partial charge in [-0.1, -0.05) is 18.2 Å². The van der Waals surface area contributed by atoms with Crippen molar-refractivity contribution in [1.29, 1.82) is 0 Å². The van der Waals surface area contributed by atoms with Crippen molar-refractivity contribution in [3.05, 3.63) is 65.3 Å². The maximum atomic E-state index is 11.5. The van der Waals surface area contributed by atoms with E-state index >= 15 is 0 Å². The van der Waals surface area contributed by atoms with Gasteiger partial charge in [0.15, 0.2) is 5.82 Å². The molecule has 1 N–H and O–H groups in total. The highest BCUT2D eigenvalue weighted by Crippen LogP contribution is 2.25. The molecule has 134 valence electrons. The van der Waals surface area contributed by atoms with E-state index in [0.29, 0.717) is 23.9 Å². The van der Waals surface area contributed by atoms with Crippen molar-refractivity contribution in [3.8, 4) is 16.5 Å². The lowest BCUT2D eigenvalue weighted by Gasteiger charge is -2.07. The van der Waals surface area contributed by atoms with E-state index in [9.17, 15) is 4.79 Å². The summed E-state index contributed by atoms with van der Waals surface area (Å²) in [6.07, 6.45) is 3.57. The third-order valence-corrected chi connectivity index (χ3v) is 4.60. The minimum atomic E-state index is -0.347. The molecule has 0 spiro atoms. The average Bonchev–Trinajstić information content (AvgIpc) is 3.19. The van der Waals surface area contributed by atoms with Gasteiger partial charge in [0.05, 0.1) is 12.0 Å². The predicted octanol–water partition coefficient (Wildman–Crippen LogP) is 3.16. The SMILES string of the molecule is COC(=O)c1ccc(-c2ncc(CNCCOc3ccccc3)cn2)s1. The number of carbonyl (C=O) groups excluding carboxylic acids is 1. The van der Waals surface area contributed by atoms with Gasteiger partial charge in [-0.3, -0.25) is 0 Å². The Balaban J connectivity index is 1.45. The molecular formula is C19H19N3O3S. The maximum absolute atomic E-state index is 11.5. The Bertz CT molecular complexity index is 835. The van der Waals surface area contributed by atoms with Crippen LogP contribution < -0.4 is 10.1 Å². The molecule has 2 aromatic heterocycles. The summed E-state index contributed by atoms with van der Waals surface area (Å²) in [6, 6.07) is 13.3. The number of aromatic nitrogens is 2. The van der Waals surface area contributed by atoms with Crippen LogP contribution in [0.3, 0.4) is 0 Å². The van der Waals surface area contributed by atoms with E-state index < -0.39 is 0 Å². The summed E-state index contributed by atoms with van der Waals surface area (Å²) >= 11 is 1.32. The van der Waals surface area contributed by atoms with E-state index in [1.54, 1.807) is 18.5 Å². The lowest BCUT2D eigenvalue weighted by Crippen LogP contribution is -2.20. The minimum absolute atomic E-state index is 0.347. The lowest BCUT2D eigenvalue weighted by molar-refractivity contribution is 0.0606. The molecule has 0 saturated heterocycles. The van der Waals surface area contributed by atoms with Crippen molar-refractivity contribution in [2.75, 3.05) is 20.3 Å². The number of benzene rings is 1. The fraction of sp³-hybridized carbons (Fsp3) is 0.211. The van der Waals surface area contributed by atoms with Crippen LogP contribution in [0.1, 0.15) is 15.2 Å². The minimum Gasteiger partial charge on any atom is -0.492 e. The fourth-order valence-corrected chi connectivity index (χ4v) is 3.10. The normalized spacial score (nSPS) is 10.5. The second kappa shape index (κ2) is 9.07. The van der Waals surface area contributed by atoms with Crippen LogP contribution in [0.5, 0.6) is 5.75 Å². The summed E-state index contributed by atoms with van der Waals surface area (Å²) in [5.74, 6) is 1.12. The molecule has 0 aliphatic rings. The van der Waals surface area contributed by atoms with Crippen LogP contribution in [0.2, 0.25) is 0 Å². The number of esters is 1. The van der Waals surface area contributed by atoms with Gasteiger partial charge in [0, 0.05) is 31.0 Å². The zero-order chi connectivity index (χ0) is 18.2. The number of nitrogens with one attached hydrogen (secondary N) is 1. The number of para-hydroxylation sites is 1. The van der Waals surface area contributed by atoms with Crippen LogP contribution >= 0.6 is 11.3 Å². The van der Waals surface area contributed by atoms with Crippen molar-refractivity contribution in [2.45, 2.75) is 6.54 Å². The third kappa shape index (κ3) is 4.87. The summed E-state index contributed by atoms with van der Waals surface area (Å²) in [7, 11) is 1.37. The van der Waals surface area contributed by atoms with Crippen molar-refractivity contribution in [1.82, 2.24) is 15.3 Å². The Hall–Kier alpha value is -2.77. The molecule has 0 unspecified atom stereocenters. The lowest BCUT2D eigenvalue weighted by atomic mass is 10.3. The zero-order valence-corrected chi connectivity index (χ0v) is 15.2. The van der Waals surface area contributed by atoms with Gasteiger partial charge in [-0.2, -0.15) is 0 Å². The molecule has 0 saturated carbocycles. The first-order valence-electron chi connectivity index (χ1n) is 8.14. The molecule has 1 aromatic carbocycles. The highest BCUT2D eigenvalue weighted by atomic mass is 32.1. The average molecular weight is 369 g/mol. The molecule has 6 nitrogen and oxygen atoms in total. The largest absolute Gasteiger partial charge is 0.492 e. The van der Waals surface area contributed by atoms with Crippen LogP contribution in [0, 0.1) is 0 Å². The van der Waals surface area contributed by atoms with Gasteiger partial charge in [-0.05, 0) is 24.3 Å². The molecule has 2 heterocycles. The Kier molecular flexibility index (Phi) is 6.29. The van der Waals surface area contributed by atoms with E-state index in [2.05, 4.69) is 15.3 Å². The first-order chi connectivity index (χ1) is 12.8. The summed E-state index contributed by atoms with van der Waals surface area (Å²) in [5.41, 5.74) is 0.984. The molecule has 26 heavy (non-hydrogen) atoms. The van der Waals surface area contributed by atoms with Crippen molar-refractivity contribution in [3.63, 3.8) is 0 Å². The third-order valence-electron chi connectivity index (χ3n) is 3.54. The number of carbonyl (C=O) groups is 1. The van der Waals surface area contributed by atoms with Crippen LogP contribution in [0.15, 0.2) is 54.9 Å². The van der Waals surface area contributed by atoms with E-state index in [1.165, 1.54) is 18.4 Å². The highest BCUT2D eigenvalue weighted by Gasteiger charge is 2.11. The van der Waals surface area contributed by atoms with Crippen LogP contribution in [-0.2, 0) is 11.3 Å². The standard InChI is InChI=1S/C19H19N3O3S/c1-24-19(23)17-8-7-16(26-17)18-21-12-14(13-22-18)11-20-9-10-25-15-5-3-2-4-6-15/h2-8,12-13,20H,9-11H2,1H3. The number of hydrogen-bond donors (Lipinski definition) is 1. The fourth-order valence-electron chi connectivity index (χ4n) is 2.23. The number of methoxy groups -OCH3 is 1. The second-order valence-corrected chi connectivity index (χ2v) is 6.49. The summed E-state index contributed by atoms with van der Waals surface area (Å²) < 4.78 is 10.3. The molecule has 0 radical (unpaired) electrons. The van der Waals surface area contributed by atoms with Gasteiger partial charge < -0.3 is 14.8 Å².